The van der Waals surface area contributed by atoms with Crippen LogP contribution in [-0.2, 0) is 0 Å². The summed E-state index contributed by atoms with van der Waals surface area (Å²) in [6.45, 7) is 0. The van der Waals surface area contributed by atoms with Crippen LogP contribution in [0.25, 0.3) is 66.8 Å². The molecule has 1 heteroatoms. The average molecular weight is 560 g/mol. The van der Waals surface area contributed by atoms with E-state index in [4.69, 9.17) is 0 Å². The van der Waals surface area contributed by atoms with Gasteiger partial charge >= 0.3 is 0 Å². The van der Waals surface area contributed by atoms with Crippen molar-refractivity contribution in [1.82, 2.24) is 0 Å². The quantitative estimate of drug-likeness (QED) is 0.199. The van der Waals surface area contributed by atoms with Crippen molar-refractivity contribution in [3.8, 4) is 72.8 Å². The molecule has 0 fully saturated rings. The molecule has 206 valence electrons. The van der Waals surface area contributed by atoms with Gasteiger partial charge < -0.3 is 0 Å². The van der Waals surface area contributed by atoms with Crippen LogP contribution in [-0.4, -0.2) is 0 Å². The van der Waals surface area contributed by atoms with Gasteiger partial charge in [0, 0.05) is 11.1 Å². The SMILES string of the molecule is N#Cc1c(-c2cc(-c3ccccc3)cc(-c3ccccc3)c2)cccc1-c1cc(-c2ccccc2)cc(-c2ccccc2)c1. The second-order valence-corrected chi connectivity index (χ2v) is 10.9. The molecular formula is C43H29N. The summed E-state index contributed by atoms with van der Waals surface area (Å²) in [7, 11) is 0. The first-order chi connectivity index (χ1) is 21.8. The van der Waals surface area contributed by atoms with Crippen LogP contribution in [0.5, 0.6) is 0 Å². The highest BCUT2D eigenvalue weighted by atomic mass is 14.3. The van der Waals surface area contributed by atoms with E-state index in [2.05, 4.69) is 158 Å². The lowest BCUT2D eigenvalue weighted by Crippen LogP contribution is -1.93. The van der Waals surface area contributed by atoms with E-state index in [1.807, 2.05) is 24.3 Å². The van der Waals surface area contributed by atoms with Crippen LogP contribution in [0.2, 0.25) is 0 Å². The fourth-order valence-electron chi connectivity index (χ4n) is 5.91. The van der Waals surface area contributed by atoms with E-state index in [9.17, 15) is 5.26 Å². The van der Waals surface area contributed by atoms with Gasteiger partial charge in [0.15, 0.2) is 0 Å². The van der Waals surface area contributed by atoms with Crippen LogP contribution < -0.4 is 0 Å². The summed E-state index contributed by atoms with van der Waals surface area (Å²) in [5.74, 6) is 0. The van der Waals surface area contributed by atoms with Crippen LogP contribution in [0, 0.1) is 11.3 Å². The zero-order valence-corrected chi connectivity index (χ0v) is 24.2. The Balaban J connectivity index is 1.43. The van der Waals surface area contributed by atoms with Gasteiger partial charge in [-0.2, -0.15) is 5.26 Å². The summed E-state index contributed by atoms with van der Waals surface area (Å²) in [5, 5.41) is 10.7. The molecule has 0 aliphatic carbocycles. The maximum absolute atomic E-state index is 10.7. The molecule has 0 heterocycles. The fourth-order valence-corrected chi connectivity index (χ4v) is 5.91. The predicted octanol–water partition coefficient (Wildman–Crippen LogP) is 11.6. The fraction of sp³-hybridized carbons (Fsp3) is 0. The summed E-state index contributed by atoms with van der Waals surface area (Å²) < 4.78 is 0. The molecule has 0 aromatic heterocycles. The van der Waals surface area contributed by atoms with Gasteiger partial charge in [-0.3, -0.25) is 0 Å². The summed E-state index contributed by atoms with van der Waals surface area (Å²) >= 11 is 0. The predicted molar refractivity (Wildman–Crippen MR) is 184 cm³/mol. The topological polar surface area (TPSA) is 23.8 Å². The van der Waals surface area contributed by atoms with Crippen molar-refractivity contribution in [2.24, 2.45) is 0 Å². The molecule has 0 aliphatic heterocycles. The minimum Gasteiger partial charge on any atom is -0.192 e. The third kappa shape index (κ3) is 5.45. The van der Waals surface area contributed by atoms with E-state index in [0.717, 1.165) is 66.8 Å². The van der Waals surface area contributed by atoms with Crippen molar-refractivity contribution < 1.29 is 0 Å². The molecule has 0 amide bonds. The Hall–Kier alpha value is -5.97. The van der Waals surface area contributed by atoms with Crippen molar-refractivity contribution in [3.05, 3.63) is 181 Å². The second kappa shape index (κ2) is 12.1. The van der Waals surface area contributed by atoms with Gasteiger partial charge in [0.25, 0.3) is 0 Å². The van der Waals surface area contributed by atoms with E-state index < -0.39 is 0 Å². The highest BCUT2D eigenvalue weighted by Crippen LogP contribution is 2.39. The number of nitrogens with zero attached hydrogens (tertiary/aromatic N) is 1. The number of nitriles is 1. The van der Waals surface area contributed by atoms with E-state index in [-0.39, 0.29) is 0 Å². The van der Waals surface area contributed by atoms with E-state index in [0.29, 0.717) is 5.56 Å². The maximum Gasteiger partial charge on any atom is 0.100 e. The van der Waals surface area contributed by atoms with Gasteiger partial charge in [-0.25, -0.2) is 0 Å². The Bertz CT molecular complexity index is 1830. The lowest BCUT2D eigenvalue weighted by molar-refractivity contribution is 1.47. The first-order valence-electron chi connectivity index (χ1n) is 14.8. The zero-order chi connectivity index (χ0) is 29.7. The van der Waals surface area contributed by atoms with Crippen LogP contribution >= 0.6 is 0 Å². The largest absolute Gasteiger partial charge is 0.192 e. The molecule has 0 radical (unpaired) electrons. The van der Waals surface area contributed by atoms with Crippen LogP contribution in [0.3, 0.4) is 0 Å². The first-order valence-corrected chi connectivity index (χ1v) is 14.8. The molecule has 0 unspecified atom stereocenters. The Morgan fingerprint density at radius 1 is 0.273 bits per heavy atom. The molecule has 7 rings (SSSR count). The minimum atomic E-state index is 0.668. The highest BCUT2D eigenvalue weighted by molar-refractivity contribution is 5.89. The molecule has 0 bridgehead atoms. The van der Waals surface area contributed by atoms with E-state index in [1.165, 1.54) is 0 Å². The van der Waals surface area contributed by atoms with Crippen LogP contribution in [0.4, 0.5) is 0 Å². The van der Waals surface area contributed by atoms with E-state index >= 15 is 0 Å². The zero-order valence-electron chi connectivity index (χ0n) is 24.2. The number of hydrogen-bond acceptors (Lipinski definition) is 1. The monoisotopic (exact) mass is 559 g/mol. The standard InChI is InChI=1S/C43H29N/c44-30-43-41(39-26-35(31-14-5-1-6-15-31)24-36(27-39)32-16-7-2-8-17-32)22-13-23-42(43)40-28-37(33-18-9-3-10-19-33)25-38(29-40)34-20-11-4-12-21-34/h1-29H. The smallest absolute Gasteiger partial charge is 0.100 e. The molecule has 7 aromatic rings. The molecule has 0 saturated heterocycles. The number of benzene rings is 7. The van der Waals surface area contributed by atoms with Gasteiger partial charge in [0.1, 0.15) is 6.07 Å². The van der Waals surface area contributed by atoms with Gasteiger partial charge in [-0.15, -0.1) is 0 Å². The Morgan fingerprint density at radius 2 is 0.545 bits per heavy atom. The van der Waals surface area contributed by atoms with Gasteiger partial charge in [-0.05, 0) is 92.0 Å². The molecule has 44 heavy (non-hydrogen) atoms. The van der Waals surface area contributed by atoms with Gasteiger partial charge in [0.2, 0.25) is 0 Å². The van der Waals surface area contributed by atoms with Crippen molar-refractivity contribution in [2.75, 3.05) is 0 Å². The molecular weight excluding hydrogens is 530 g/mol. The van der Waals surface area contributed by atoms with Gasteiger partial charge in [0.05, 0.1) is 5.56 Å². The lowest BCUT2D eigenvalue weighted by Gasteiger charge is -2.16. The number of hydrogen-bond donors (Lipinski definition) is 0. The Kier molecular flexibility index (Phi) is 7.40. The van der Waals surface area contributed by atoms with Crippen molar-refractivity contribution in [1.29, 1.82) is 5.26 Å². The summed E-state index contributed by atoms with van der Waals surface area (Å²) in [6.07, 6.45) is 0. The van der Waals surface area contributed by atoms with Crippen molar-refractivity contribution >= 4 is 0 Å². The third-order valence-corrected chi connectivity index (χ3v) is 8.09. The van der Waals surface area contributed by atoms with Crippen molar-refractivity contribution in [3.63, 3.8) is 0 Å². The Morgan fingerprint density at radius 3 is 0.818 bits per heavy atom. The average Bonchev–Trinajstić information content (AvgIpc) is 3.12. The number of rotatable bonds is 6. The normalized spacial score (nSPS) is 10.7. The molecule has 0 saturated carbocycles. The van der Waals surface area contributed by atoms with Crippen LogP contribution in [0.1, 0.15) is 5.56 Å². The molecule has 0 atom stereocenters. The molecule has 0 aliphatic rings. The van der Waals surface area contributed by atoms with Crippen LogP contribution in [0.15, 0.2) is 176 Å². The summed E-state index contributed by atoms with van der Waals surface area (Å²) in [6, 6.07) is 63.8. The molecule has 7 aromatic carbocycles. The third-order valence-electron chi connectivity index (χ3n) is 8.09. The molecule has 1 nitrogen and oxygen atoms in total. The minimum absolute atomic E-state index is 0.668. The first kappa shape index (κ1) is 26.9. The lowest BCUT2D eigenvalue weighted by atomic mass is 9.87. The second-order valence-electron chi connectivity index (χ2n) is 10.9. The maximum atomic E-state index is 10.7. The summed E-state index contributed by atoms with van der Waals surface area (Å²) in [5.41, 5.74) is 13.6. The van der Waals surface area contributed by atoms with Crippen molar-refractivity contribution in [2.45, 2.75) is 0 Å². The summed E-state index contributed by atoms with van der Waals surface area (Å²) in [4.78, 5) is 0. The molecule has 0 spiro atoms. The van der Waals surface area contributed by atoms with E-state index in [1.54, 1.807) is 0 Å². The highest BCUT2D eigenvalue weighted by Gasteiger charge is 2.16. The van der Waals surface area contributed by atoms with Gasteiger partial charge in [-0.1, -0.05) is 140 Å². The Labute approximate surface area is 259 Å². The molecule has 0 N–H and O–H groups in total.